The molecule has 2 atom stereocenters. The zero-order chi connectivity index (χ0) is 20.9. The number of rotatable bonds is 6. The van der Waals surface area contributed by atoms with Gasteiger partial charge in [0.05, 0.1) is 11.7 Å². The molecule has 2 aliphatic rings. The summed E-state index contributed by atoms with van der Waals surface area (Å²) >= 11 is 1.75. The van der Waals surface area contributed by atoms with Crippen molar-refractivity contribution in [2.24, 2.45) is 5.92 Å². The van der Waals surface area contributed by atoms with Gasteiger partial charge in [0.15, 0.2) is 0 Å². The number of carbonyl (C=O) groups is 1. The Morgan fingerprint density at radius 3 is 2.47 bits per heavy atom. The van der Waals surface area contributed by atoms with Crippen molar-refractivity contribution in [2.45, 2.75) is 51.1 Å². The number of para-hydroxylation sites is 1. The molecule has 4 nitrogen and oxygen atoms in total. The van der Waals surface area contributed by atoms with Crippen molar-refractivity contribution < 1.29 is 9.18 Å². The van der Waals surface area contributed by atoms with Gasteiger partial charge in [-0.05, 0) is 43.3 Å². The first-order valence-electron chi connectivity index (χ1n) is 11.2. The minimum Gasteiger partial charge on any atom is -0.367 e. The molecule has 1 aromatic carbocycles. The first kappa shape index (κ1) is 21.3. The van der Waals surface area contributed by atoms with Crippen LogP contribution in [0, 0.1) is 11.7 Å². The molecule has 1 N–H and O–H groups in total. The van der Waals surface area contributed by atoms with E-state index in [-0.39, 0.29) is 29.7 Å². The van der Waals surface area contributed by atoms with Crippen LogP contribution in [0.5, 0.6) is 0 Å². The lowest BCUT2D eigenvalue weighted by Gasteiger charge is -2.42. The van der Waals surface area contributed by atoms with Crippen LogP contribution in [-0.2, 0) is 4.79 Å². The van der Waals surface area contributed by atoms with Crippen LogP contribution < -0.4 is 10.2 Å². The van der Waals surface area contributed by atoms with E-state index in [0.29, 0.717) is 5.69 Å². The van der Waals surface area contributed by atoms with Gasteiger partial charge in [0, 0.05) is 43.0 Å². The van der Waals surface area contributed by atoms with E-state index in [2.05, 4.69) is 39.6 Å². The van der Waals surface area contributed by atoms with E-state index >= 15 is 0 Å². The Morgan fingerprint density at radius 1 is 1.07 bits per heavy atom. The molecule has 2 unspecified atom stereocenters. The predicted octanol–water partition coefficient (Wildman–Crippen LogP) is 4.84. The van der Waals surface area contributed by atoms with Crippen LogP contribution in [-0.4, -0.2) is 43.0 Å². The van der Waals surface area contributed by atoms with E-state index in [0.717, 1.165) is 39.0 Å². The summed E-state index contributed by atoms with van der Waals surface area (Å²) in [5, 5.41) is 5.44. The van der Waals surface area contributed by atoms with E-state index in [9.17, 15) is 9.18 Å². The highest BCUT2D eigenvalue weighted by atomic mass is 32.1. The van der Waals surface area contributed by atoms with Crippen LogP contribution in [0.1, 0.15) is 49.9 Å². The average molecular weight is 430 g/mol. The van der Waals surface area contributed by atoms with Crippen molar-refractivity contribution in [1.29, 1.82) is 0 Å². The molecule has 2 fully saturated rings. The van der Waals surface area contributed by atoms with Gasteiger partial charge in [0.25, 0.3) is 0 Å². The summed E-state index contributed by atoms with van der Waals surface area (Å²) in [6, 6.07) is 11.5. The van der Waals surface area contributed by atoms with E-state index < -0.39 is 0 Å². The van der Waals surface area contributed by atoms with Crippen molar-refractivity contribution in [3.05, 3.63) is 52.5 Å². The van der Waals surface area contributed by atoms with Gasteiger partial charge < -0.3 is 10.2 Å². The maximum atomic E-state index is 14.2. The van der Waals surface area contributed by atoms with E-state index in [1.54, 1.807) is 17.4 Å². The fourth-order valence-corrected chi connectivity index (χ4v) is 5.90. The number of hydrogen-bond acceptors (Lipinski definition) is 4. The minimum atomic E-state index is -0.158. The van der Waals surface area contributed by atoms with Crippen molar-refractivity contribution in [3.8, 4) is 0 Å². The lowest BCUT2D eigenvalue weighted by atomic mass is 9.88. The Hall–Kier alpha value is -1.92. The molecule has 0 radical (unpaired) electrons. The standard InChI is InChI=1S/C24H32FN3OS/c1-18(26-24(29)19-8-3-2-4-9-19)23(22-12-7-17-30-22)28-15-13-27(14-16-28)21-11-6-5-10-20(21)25/h5-7,10-12,17-19,23H,2-4,8-9,13-16H2,1H3,(H,26,29). The fraction of sp³-hybridized carbons (Fsp3) is 0.542. The fourth-order valence-electron chi connectivity index (χ4n) is 4.94. The molecule has 2 aromatic rings. The van der Waals surface area contributed by atoms with Crippen molar-refractivity contribution in [3.63, 3.8) is 0 Å². The van der Waals surface area contributed by atoms with Gasteiger partial charge in [-0.15, -0.1) is 11.3 Å². The van der Waals surface area contributed by atoms with Crippen LogP contribution in [0.15, 0.2) is 41.8 Å². The third-order valence-corrected chi connectivity index (χ3v) is 7.50. The van der Waals surface area contributed by atoms with Crippen LogP contribution in [0.4, 0.5) is 10.1 Å². The van der Waals surface area contributed by atoms with Crippen LogP contribution in [0.25, 0.3) is 0 Å². The van der Waals surface area contributed by atoms with Crippen LogP contribution in [0.3, 0.4) is 0 Å². The predicted molar refractivity (Wildman–Crippen MR) is 121 cm³/mol. The Kier molecular flexibility index (Phi) is 7.05. The summed E-state index contributed by atoms with van der Waals surface area (Å²) in [4.78, 5) is 18.7. The summed E-state index contributed by atoms with van der Waals surface area (Å²) < 4.78 is 14.2. The van der Waals surface area contributed by atoms with Gasteiger partial charge in [-0.25, -0.2) is 4.39 Å². The highest BCUT2D eigenvalue weighted by Gasteiger charge is 2.32. The van der Waals surface area contributed by atoms with Gasteiger partial charge >= 0.3 is 0 Å². The Bertz CT molecular complexity index is 814. The zero-order valence-corrected chi connectivity index (χ0v) is 18.5. The average Bonchev–Trinajstić information content (AvgIpc) is 3.30. The number of nitrogens with zero attached hydrogens (tertiary/aromatic N) is 2. The highest BCUT2D eigenvalue weighted by Crippen LogP contribution is 2.31. The third-order valence-electron chi connectivity index (χ3n) is 6.55. The lowest BCUT2D eigenvalue weighted by Crippen LogP contribution is -2.53. The molecule has 162 valence electrons. The third kappa shape index (κ3) is 4.86. The van der Waals surface area contributed by atoms with Gasteiger partial charge in [-0.2, -0.15) is 0 Å². The number of benzene rings is 1. The number of nitrogens with one attached hydrogen (secondary N) is 1. The van der Waals surface area contributed by atoms with Gasteiger partial charge in [-0.1, -0.05) is 37.5 Å². The molecule has 1 amide bonds. The maximum absolute atomic E-state index is 14.2. The summed E-state index contributed by atoms with van der Waals surface area (Å²) in [5.41, 5.74) is 0.684. The molecule has 0 bridgehead atoms. The molecule has 1 saturated heterocycles. The number of thiophene rings is 1. The first-order chi connectivity index (χ1) is 14.6. The van der Waals surface area contributed by atoms with E-state index in [4.69, 9.17) is 0 Å². The van der Waals surface area contributed by atoms with Crippen molar-refractivity contribution in [2.75, 3.05) is 31.1 Å². The first-order valence-corrected chi connectivity index (χ1v) is 12.1. The molecule has 1 aromatic heterocycles. The quantitative estimate of drug-likeness (QED) is 0.714. The second kappa shape index (κ2) is 9.92. The molecule has 2 heterocycles. The molecule has 1 saturated carbocycles. The topological polar surface area (TPSA) is 35.6 Å². The van der Waals surface area contributed by atoms with Crippen molar-refractivity contribution in [1.82, 2.24) is 10.2 Å². The molecule has 1 aliphatic carbocycles. The normalized spacial score (nSPS) is 20.7. The van der Waals surface area contributed by atoms with Crippen LogP contribution >= 0.6 is 11.3 Å². The molecule has 4 rings (SSSR count). The van der Waals surface area contributed by atoms with Gasteiger partial charge in [0.1, 0.15) is 5.82 Å². The number of piperazine rings is 1. The lowest BCUT2D eigenvalue weighted by molar-refractivity contribution is -0.127. The monoisotopic (exact) mass is 429 g/mol. The number of hydrogen-bond donors (Lipinski definition) is 1. The summed E-state index contributed by atoms with van der Waals surface area (Å²) in [7, 11) is 0. The van der Waals surface area contributed by atoms with Gasteiger partial charge in [-0.3, -0.25) is 9.69 Å². The number of carbonyl (C=O) groups excluding carboxylic acids is 1. The number of amides is 1. The van der Waals surface area contributed by atoms with E-state index in [1.165, 1.54) is 30.2 Å². The molecule has 0 spiro atoms. The maximum Gasteiger partial charge on any atom is 0.223 e. The molecule has 1 aliphatic heterocycles. The summed E-state index contributed by atoms with van der Waals surface area (Å²) in [6.45, 7) is 5.40. The molecular weight excluding hydrogens is 397 g/mol. The Labute approximate surface area is 183 Å². The van der Waals surface area contributed by atoms with E-state index in [1.807, 2.05) is 12.1 Å². The molecule has 30 heavy (non-hydrogen) atoms. The Morgan fingerprint density at radius 2 is 1.80 bits per heavy atom. The SMILES string of the molecule is CC(NC(=O)C1CCCCC1)C(c1cccs1)N1CCN(c2ccccc2F)CC1. The minimum absolute atomic E-state index is 0.0399. The second-order valence-electron chi connectivity index (χ2n) is 8.57. The highest BCUT2D eigenvalue weighted by molar-refractivity contribution is 7.10. The largest absolute Gasteiger partial charge is 0.367 e. The second-order valence-corrected chi connectivity index (χ2v) is 9.55. The van der Waals surface area contributed by atoms with Gasteiger partial charge in [0.2, 0.25) is 5.91 Å². The number of halogens is 1. The molecular formula is C24H32FN3OS. The van der Waals surface area contributed by atoms with Crippen LogP contribution in [0.2, 0.25) is 0 Å². The van der Waals surface area contributed by atoms with Crippen molar-refractivity contribution >= 4 is 22.9 Å². The summed E-state index contributed by atoms with van der Waals surface area (Å²) in [5.74, 6) is 0.228. The number of anilines is 1. The summed E-state index contributed by atoms with van der Waals surface area (Å²) in [6.07, 6.45) is 5.62. The smallest absolute Gasteiger partial charge is 0.223 e. The zero-order valence-electron chi connectivity index (χ0n) is 17.7. The molecule has 6 heteroatoms. The Balaban J connectivity index is 1.43.